The zero-order valence-corrected chi connectivity index (χ0v) is 11.0. The topological polar surface area (TPSA) is 64.3 Å². The van der Waals surface area contributed by atoms with Crippen LogP contribution in [-0.4, -0.2) is 25.2 Å². The van der Waals surface area contributed by atoms with E-state index in [4.69, 9.17) is 10.5 Å². The first-order valence-electron chi connectivity index (χ1n) is 6.47. The molecule has 0 saturated carbocycles. The molecule has 1 saturated heterocycles. The van der Waals surface area contributed by atoms with Gasteiger partial charge in [0.05, 0.1) is 0 Å². The van der Waals surface area contributed by atoms with Crippen LogP contribution in [-0.2, 0) is 9.53 Å². The van der Waals surface area contributed by atoms with Crippen molar-refractivity contribution in [3.05, 3.63) is 29.6 Å². The lowest BCUT2D eigenvalue weighted by Gasteiger charge is -2.29. The van der Waals surface area contributed by atoms with E-state index in [0.717, 1.165) is 18.4 Å². The van der Waals surface area contributed by atoms with Crippen LogP contribution in [0.1, 0.15) is 18.4 Å². The standard InChI is InChI=1S/C14H19FN2O2/c1-9-6-11(15)8-12(7-9)17-13(14(16)18)10-2-4-19-5-3-10/h6-8,10,13,17H,2-5H2,1H3,(H2,16,18). The maximum absolute atomic E-state index is 13.3. The fourth-order valence-electron chi connectivity index (χ4n) is 2.47. The van der Waals surface area contributed by atoms with Gasteiger partial charge in [-0.05, 0) is 49.4 Å². The maximum Gasteiger partial charge on any atom is 0.240 e. The Bertz CT molecular complexity index is 439. The SMILES string of the molecule is Cc1cc(F)cc(NC(C(N)=O)C2CCOCC2)c1. The van der Waals surface area contributed by atoms with Gasteiger partial charge in [-0.3, -0.25) is 4.79 Å². The summed E-state index contributed by atoms with van der Waals surface area (Å²) >= 11 is 0. The molecule has 1 aliphatic heterocycles. The molecule has 2 rings (SSSR count). The molecule has 1 unspecified atom stereocenters. The molecule has 0 spiro atoms. The minimum Gasteiger partial charge on any atom is -0.381 e. The number of benzene rings is 1. The molecule has 104 valence electrons. The van der Waals surface area contributed by atoms with E-state index in [2.05, 4.69) is 5.32 Å². The van der Waals surface area contributed by atoms with E-state index in [1.165, 1.54) is 12.1 Å². The number of ether oxygens (including phenoxy) is 1. The molecule has 5 heteroatoms. The fourth-order valence-corrected chi connectivity index (χ4v) is 2.47. The summed E-state index contributed by atoms with van der Waals surface area (Å²) in [6, 6.07) is 4.14. The van der Waals surface area contributed by atoms with Gasteiger partial charge < -0.3 is 15.8 Å². The second-order valence-corrected chi connectivity index (χ2v) is 4.99. The third-order valence-electron chi connectivity index (χ3n) is 3.41. The molecule has 1 fully saturated rings. The molecule has 1 aromatic rings. The average molecular weight is 266 g/mol. The van der Waals surface area contributed by atoms with Gasteiger partial charge >= 0.3 is 0 Å². The van der Waals surface area contributed by atoms with E-state index in [1.807, 2.05) is 6.92 Å². The third-order valence-corrected chi connectivity index (χ3v) is 3.41. The van der Waals surface area contributed by atoms with Crippen LogP contribution in [0.3, 0.4) is 0 Å². The van der Waals surface area contributed by atoms with Crippen LogP contribution < -0.4 is 11.1 Å². The lowest BCUT2D eigenvalue weighted by molar-refractivity contribution is -0.120. The molecule has 1 heterocycles. The van der Waals surface area contributed by atoms with E-state index in [-0.39, 0.29) is 11.7 Å². The fraction of sp³-hybridized carbons (Fsp3) is 0.500. The molecule has 4 nitrogen and oxygen atoms in total. The smallest absolute Gasteiger partial charge is 0.240 e. The van der Waals surface area contributed by atoms with E-state index >= 15 is 0 Å². The number of anilines is 1. The summed E-state index contributed by atoms with van der Waals surface area (Å²) in [5.74, 6) is -0.596. The van der Waals surface area contributed by atoms with Gasteiger partial charge in [-0.15, -0.1) is 0 Å². The number of aryl methyl sites for hydroxylation is 1. The predicted octanol–water partition coefficient (Wildman–Crippen LogP) is 1.83. The van der Waals surface area contributed by atoms with Gasteiger partial charge in [0.1, 0.15) is 11.9 Å². The van der Waals surface area contributed by atoms with Crippen LogP contribution in [0.5, 0.6) is 0 Å². The molecule has 1 atom stereocenters. The summed E-state index contributed by atoms with van der Waals surface area (Å²) < 4.78 is 18.6. The molecule has 1 amide bonds. The molecular weight excluding hydrogens is 247 g/mol. The Morgan fingerprint density at radius 3 is 2.68 bits per heavy atom. The normalized spacial score (nSPS) is 18.0. The average Bonchev–Trinajstić information content (AvgIpc) is 2.35. The zero-order valence-electron chi connectivity index (χ0n) is 11.0. The van der Waals surface area contributed by atoms with E-state index < -0.39 is 11.9 Å². The molecule has 1 aliphatic rings. The summed E-state index contributed by atoms with van der Waals surface area (Å²) in [5.41, 5.74) is 6.85. The summed E-state index contributed by atoms with van der Waals surface area (Å²) in [5, 5.41) is 3.06. The van der Waals surface area contributed by atoms with Crippen molar-refractivity contribution >= 4 is 11.6 Å². The van der Waals surface area contributed by atoms with Crippen LogP contribution in [0.2, 0.25) is 0 Å². The van der Waals surface area contributed by atoms with Gasteiger partial charge in [0.25, 0.3) is 0 Å². The van der Waals surface area contributed by atoms with Gasteiger partial charge in [0, 0.05) is 18.9 Å². The largest absolute Gasteiger partial charge is 0.381 e. The number of primary amides is 1. The zero-order chi connectivity index (χ0) is 13.8. The van der Waals surface area contributed by atoms with Crippen molar-refractivity contribution in [1.29, 1.82) is 0 Å². The van der Waals surface area contributed by atoms with Crippen LogP contribution in [0.25, 0.3) is 0 Å². The molecule has 0 aliphatic carbocycles. The number of rotatable bonds is 4. The summed E-state index contributed by atoms with van der Waals surface area (Å²) in [4.78, 5) is 11.6. The second-order valence-electron chi connectivity index (χ2n) is 4.99. The highest BCUT2D eigenvalue weighted by molar-refractivity contribution is 5.83. The Balaban J connectivity index is 2.13. The van der Waals surface area contributed by atoms with E-state index in [0.29, 0.717) is 18.9 Å². The maximum atomic E-state index is 13.3. The number of carbonyl (C=O) groups is 1. The van der Waals surface area contributed by atoms with E-state index in [1.54, 1.807) is 6.07 Å². The van der Waals surface area contributed by atoms with Crippen molar-refractivity contribution in [1.82, 2.24) is 0 Å². The Morgan fingerprint density at radius 1 is 1.42 bits per heavy atom. The quantitative estimate of drug-likeness (QED) is 0.873. The monoisotopic (exact) mass is 266 g/mol. The number of carbonyl (C=O) groups excluding carboxylic acids is 1. The molecule has 3 N–H and O–H groups in total. The van der Waals surface area contributed by atoms with Crippen LogP contribution in [0.4, 0.5) is 10.1 Å². The molecule has 0 aromatic heterocycles. The number of nitrogens with two attached hydrogens (primary N) is 1. The van der Waals surface area contributed by atoms with Gasteiger partial charge in [-0.1, -0.05) is 0 Å². The highest BCUT2D eigenvalue weighted by Gasteiger charge is 2.28. The highest BCUT2D eigenvalue weighted by Crippen LogP contribution is 2.23. The Hall–Kier alpha value is -1.62. The van der Waals surface area contributed by atoms with Crippen molar-refractivity contribution in [2.75, 3.05) is 18.5 Å². The molecular formula is C14H19FN2O2. The molecule has 0 bridgehead atoms. The van der Waals surface area contributed by atoms with Crippen molar-refractivity contribution in [3.63, 3.8) is 0 Å². The van der Waals surface area contributed by atoms with Gasteiger partial charge in [0.2, 0.25) is 5.91 Å². The second kappa shape index (κ2) is 6.02. The Morgan fingerprint density at radius 2 is 2.11 bits per heavy atom. The molecule has 1 aromatic carbocycles. The molecule has 0 radical (unpaired) electrons. The number of nitrogens with one attached hydrogen (secondary N) is 1. The van der Waals surface area contributed by atoms with Gasteiger partial charge in [0.15, 0.2) is 0 Å². The van der Waals surface area contributed by atoms with Crippen LogP contribution >= 0.6 is 0 Å². The number of hydrogen-bond acceptors (Lipinski definition) is 3. The summed E-state index contributed by atoms with van der Waals surface area (Å²) in [7, 11) is 0. The number of hydrogen-bond donors (Lipinski definition) is 2. The van der Waals surface area contributed by atoms with Gasteiger partial charge in [-0.2, -0.15) is 0 Å². The van der Waals surface area contributed by atoms with Crippen molar-refractivity contribution in [2.45, 2.75) is 25.8 Å². The lowest BCUT2D eigenvalue weighted by Crippen LogP contribution is -2.43. The lowest BCUT2D eigenvalue weighted by atomic mass is 9.91. The van der Waals surface area contributed by atoms with Crippen LogP contribution in [0.15, 0.2) is 18.2 Å². The first kappa shape index (κ1) is 13.8. The first-order valence-corrected chi connectivity index (χ1v) is 6.47. The minimum atomic E-state index is -0.481. The minimum absolute atomic E-state index is 0.134. The van der Waals surface area contributed by atoms with Gasteiger partial charge in [-0.25, -0.2) is 4.39 Å². The Labute approximate surface area is 112 Å². The highest BCUT2D eigenvalue weighted by atomic mass is 19.1. The summed E-state index contributed by atoms with van der Waals surface area (Å²) in [6.07, 6.45) is 1.57. The first-order chi connectivity index (χ1) is 9.06. The van der Waals surface area contributed by atoms with Crippen molar-refractivity contribution < 1.29 is 13.9 Å². The summed E-state index contributed by atoms with van der Waals surface area (Å²) in [6.45, 7) is 3.08. The van der Waals surface area contributed by atoms with E-state index in [9.17, 15) is 9.18 Å². The van der Waals surface area contributed by atoms with Crippen molar-refractivity contribution in [3.8, 4) is 0 Å². The number of halogens is 1. The predicted molar refractivity (Wildman–Crippen MR) is 71.3 cm³/mol. The molecule has 19 heavy (non-hydrogen) atoms. The Kier molecular flexibility index (Phi) is 4.37. The third kappa shape index (κ3) is 3.67. The van der Waals surface area contributed by atoms with Crippen LogP contribution in [0, 0.1) is 18.7 Å². The van der Waals surface area contributed by atoms with Crippen molar-refractivity contribution in [2.24, 2.45) is 11.7 Å². The number of amides is 1.